The van der Waals surface area contributed by atoms with Crippen molar-refractivity contribution in [2.45, 2.75) is 18.8 Å². The zero-order valence-corrected chi connectivity index (χ0v) is 7.79. The van der Waals surface area contributed by atoms with Crippen LogP contribution in [0.4, 0.5) is 0 Å². The molecule has 6 heteroatoms. The van der Waals surface area contributed by atoms with E-state index in [1.807, 2.05) is 6.07 Å². The number of hydrogen-bond acceptors (Lipinski definition) is 4. The molecule has 0 saturated heterocycles. The van der Waals surface area contributed by atoms with E-state index in [0.29, 0.717) is 11.7 Å². The fraction of sp³-hybridized carbons (Fsp3) is 0.333. The van der Waals surface area contributed by atoms with Crippen LogP contribution in [-0.4, -0.2) is 30.7 Å². The van der Waals surface area contributed by atoms with Crippen molar-refractivity contribution in [3.63, 3.8) is 0 Å². The van der Waals surface area contributed by atoms with Gasteiger partial charge in [0.05, 0.1) is 0 Å². The molecular formula is C9H8N4O2. The van der Waals surface area contributed by atoms with Gasteiger partial charge in [-0.15, -0.1) is 10.2 Å². The Hall–Kier alpha value is -1.98. The summed E-state index contributed by atoms with van der Waals surface area (Å²) in [4.78, 5) is 15.0. The van der Waals surface area contributed by atoms with Gasteiger partial charge in [-0.3, -0.25) is 4.40 Å². The van der Waals surface area contributed by atoms with Crippen molar-refractivity contribution in [3.05, 3.63) is 23.8 Å². The van der Waals surface area contributed by atoms with Crippen LogP contribution in [-0.2, 0) is 0 Å². The van der Waals surface area contributed by atoms with Gasteiger partial charge in [-0.2, -0.15) is 0 Å². The molecule has 0 aromatic carbocycles. The molecule has 0 radical (unpaired) electrons. The Morgan fingerprint density at radius 2 is 2.27 bits per heavy atom. The van der Waals surface area contributed by atoms with E-state index in [-0.39, 0.29) is 5.82 Å². The van der Waals surface area contributed by atoms with Gasteiger partial charge in [0.2, 0.25) is 5.82 Å². The van der Waals surface area contributed by atoms with Crippen LogP contribution >= 0.6 is 0 Å². The van der Waals surface area contributed by atoms with Crippen molar-refractivity contribution < 1.29 is 9.90 Å². The number of nitrogens with zero attached hydrogens (tertiary/aromatic N) is 4. The Kier molecular flexibility index (Phi) is 1.53. The van der Waals surface area contributed by atoms with Crippen molar-refractivity contribution in [1.29, 1.82) is 0 Å². The summed E-state index contributed by atoms with van der Waals surface area (Å²) >= 11 is 0. The number of carbonyl (C=O) groups is 1. The van der Waals surface area contributed by atoms with E-state index in [9.17, 15) is 4.79 Å². The zero-order valence-electron chi connectivity index (χ0n) is 7.79. The molecule has 2 aromatic heterocycles. The number of carboxylic acids is 1. The van der Waals surface area contributed by atoms with Crippen LogP contribution in [0.5, 0.6) is 0 Å². The molecule has 15 heavy (non-hydrogen) atoms. The molecule has 1 aliphatic carbocycles. The number of hydrogen-bond donors (Lipinski definition) is 1. The Bertz CT molecular complexity index is 544. The standard InChI is InChI=1S/C9H8N4O2/c14-8(15)7-11-12-9-10-6(5-1-2-5)3-4-13(7)9/h3-5H,1-2H2,(H,14,15). The minimum atomic E-state index is -1.09. The summed E-state index contributed by atoms with van der Waals surface area (Å²) in [5.74, 6) is -0.305. The summed E-state index contributed by atoms with van der Waals surface area (Å²) in [7, 11) is 0. The van der Waals surface area contributed by atoms with E-state index in [1.54, 1.807) is 6.20 Å². The highest BCUT2D eigenvalue weighted by Gasteiger charge is 2.25. The summed E-state index contributed by atoms with van der Waals surface area (Å²) in [6, 6.07) is 1.83. The molecule has 2 aromatic rings. The molecule has 0 unspecified atom stereocenters. The first kappa shape index (κ1) is 8.34. The second kappa shape index (κ2) is 2.75. The normalized spacial score (nSPS) is 15.7. The van der Waals surface area contributed by atoms with Gasteiger partial charge in [-0.1, -0.05) is 0 Å². The Morgan fingerprint density at radius 3 is 2.93 bits per heavy atom. The van der Waals surface area contributed by atoms with E-state index < -0.39 is 5.97 Å². The minimum absolute atomic E-state index is 0.0974. The molecule has 0 spiro atoms. The van der Waals surface area contributed by atoms with Crippen LogP contribution in [0.3, 0.4) is 0 Å². The van der Waals surface area contributed by atoms with Gasteiger partial charge in [0.1, 0.15) is 0 Å². The lowest BCUT2D eigenvalue weighted by atomic mass is 10.3. The fourth-order valence-electron chi connectivity index (χ4n) is 1.55. The predicted octanol–water partition coefficient (Wildman–Crippen LogP) is 0.700. The molecule has 1 N–H and O–H groups in total. The third kappa shape index (κ3) is 1.25. The Morgan fingerprint density at radius 1 is 1.47 bits per heavy atom. The maximum Gasteiger partial charge on any atom is 0.374 e. The van der Waals surface area contributed by atoms with E-state index in [2.05, 4.69) is 15.2 Å². The smallest absolute Gasteiger partial charge is 0.374 e. The average molecular weight is 204 g/mol. The molecule has 6 nitrogen and oxygen atoms in total. The van der Waals surface area contributed by atoms with E-state index >= 15 is 0 Å². The number of rotatable bonds is 2. The van der Waals surface area contributed by atoms with Gasteiger partial charge >= 0.3 is 5.97 Å². The fourth-order valence-corrected chi connectivity index (χ4v) is 1.55. The third-order valence-electron chi connectivity index (χ3n) is 2.49. The highest BCUT2D eigenvalue weighted by atomic mass is 16.4. The van der Waals surface area contributed by atoms with Crippen LogP contribution in [0.15, 0.2) is 12.3 Å². The van der Waals surface area contributed by atoms with Gasteiger partial charge in [0.15, 0.2) is 0 Å². The zero-order chi connectivity index (χ0) is 10.4. The second-order valence-corrected chi connectivity index (χ2v) is 3.63. The lowest BCUT2D eigenvalue weighted by molar-refractivity contribution is 0.0682. The number of aromatic nitrogens is 4. The summed E-state index contributed by atoms with van der Waals surface area (Å²) in [5.41, 5.74) is 0.979. The minimum Gasteiger partial charge on any atom is -0.475 e. The van der Waals surface area contributed by atoms with E-state index in [0.717, 1.165) is 18.5 Å². The Balaban J connectivity index is 2.17. The van der Waals surface area contributed by atoms with E-state index in [4.69, 9.17) is 5.11 Å². The van der Waals surface area contributed by atoms with Crippen LogP contribution in [0.2, 0.25) is 0 Å². The highest BCUT2D eigenvalue weighted by molar-refractivity contribution is 5.84. The number of fused-ring (bicyclic) bond motifs is 1. The Labute approximate surface area is 84.6 Å². The molecule has 0 aliphatic heterocycles. The van der Waals surface area contributed by atoms with Crippen LogP contribution in [0.25, 0.3) is 5.78 Å². The van der Waals surface area contributed by atoms with E-state index in [1.165, 1.54) is 4.40 Å². The first-order valence-electron chi connectivity index (χ1n) is 4.70. The highest BCUT2D eigenvalue weighted by Crippen LogP contribution is 2.38. The van der Waals surface area contributed by atoms with Gasteiger partial charge in [0.25, 0.3) is 5.78 Å². The molecule has 1 saturated carbocycles. The topological polar surface area (TPSA) is 80.4 Å². The van der Waals surface area contributed by atoms with Crippen LogP contribution in [0, 0.1) is 0 Å². The molecule has 1 aliphatic rings. The summed E-state index contributed by atoms with van der Waals surface area (Å²) in [5, 5.41) is 16.1. The van der Waals surface area contributed by atoms with Crippen molar-refractivity contribution in [2.24, 2.45) is 0 Å². The molecule has 0 bridgehead atoms. The molecule has 76 valence electrons. The number of carboxylic acid groups (broad SMARTS) is 1. The molecule has 1 fully saturated rings. The summed E-state index contributed by atoms with van der Waals surface area (Å²) in [6.07, 6.45) is 3.98. The lowest BCUT2D eigenvalue weighted by Crippen LogP contribution is -2.04. The number of aromatic carboxylic acids is 1. The summed E-state index contributed by atoms with van der Waals surface area (Å²) in [6.45, 7) is 0. The maximum absolute atomic E-state index is 10.8. The molecular weight excluding hydrogens is 196 g/mol. The van der Waals surface area contributed by atoms with Crippen LogP contribution in [0.1, 0.15) is 35.1 Å². The van der Waals surface area contributed by atoms with Gasteiger partial charge in [-0.05, 0) is 18.9 Å². The molecule has 0 amide bonds. The SMILES string of the molecule is O=C(O)c1nnc2nc(C3CC3)ccn12. The average Bonchev–Trinajstić information content (AvgIpc) is 2.97. The van der Waals surface area contributed by atoms with Gasteiger partial charge in [-0.25, -0.2) is 9.78 Å². The molecule has 2 heterocycles. The second-order valence-electron chi connectivity index (χ2n) is 3.63. The monoisotopic (exact) mass is 204 g/mol. The largest absolute Gasteiger partial charge is 0.475 e. The molecule has 0 atom stereocenters. The quantitative estimate of drug-likeness (QED) is 0.778. The predicted molar refractivity (Wildman–Crippen MR) is 49.7 cm³/mol. The van der Waals surface area contributed by atoms with Crippen molar-refractivity contribution in [1.82, 2.24) is 19.6 Å². The van der Waals surface area contributed by atoms with Gasteiger partial charge < -0.3 is 5.11 Å². The lowest BCUT2D eigenvalue weighted by Gasteiger charge is -1.97. The first-order chi connectivity index (χ1) is 7.25. The van der Waals surface area contributed by atoms with Crippen molar-refractivity contribution in [3.8, 4) is 0 Å². The first-order valence-corrected chi connectivity index (χ1v) is 4.70. The molecule has 3 rings (SSSR count). The summed E-state index contributed by atoms with van der Waals surface area (Å²) < 4.78 is 1.38. The maximum atomic E-state index is 10.8. The van der Waals surface area contributed by atoms with Crippen LogP contribution < -0.4 is 0 Å². The third-order valence-corrected chi connectivity index (χ3v) is 2.49. The van der Waals surface area contributed by atoms with Crippen molar-refractivity contribution >= 4 is 11.7 Å². The van der Waals surface area contributed by atoms with Crippen molar-refractivity contribution in [2.75, 3.05) is 0 Å². The van der Waals surface area contributed by atoms with Gasteiger partial charge in [0, 0.05) is 17.8 Å².